The summed E-state index contributed by atoms with van der Waals surface area (Å²) in [5.74, 6) is 0.599. The number of aromatic hydroxyl groups is 1. The zero-order valence-corrected chi connectivity index (χ0v) is 17.5. The number of aryl methyl sites for hydroxylation is 2. The number of hydrogen-bond donors (Lipinski definition) is 3. The van der Waals surface area contributed by atoms with E-state index in [2.05, 4.69) is 45.2 Å². The summed E-state index contributed by atoms with van der Waals surface area (Å²) in [6.45, 7) is 3.64. The van der Waals surface area contributed by atoms with Crippen molar-refractivity contribution in [2.75, 3.05) is 0 Å². The summed E-state index contributed by atoms with van der Waals surface area (Å²) in [4.78, 5) is 10.9. The van der Waals surface area contributed by atoms with Crippen molar-refractivity contribution in [2.45, 2.75) is 26.3 Å². The fraction of sp³-hybridized carbons (Fsp3) is 0.235. The number of aliphatic carboxylic acids is 1. The molecule has 1 unspecified atom stereocenters. The summed E-state index contributed by atoms with van der Waals surface area (Å²) in [6.07, 6.45) is 0.263. The van der Waals surface area contributed by atoms with Crippen LogP contribution in [0.5, 0.6) is 17.2 Å². The summed E-state index contributed by atoms with van der Waals surface area (Å²) < 4.78 is 7.73. The number of phenols is 1. The molecule has 0 aliphatic carbocycles. The molecule has 2 aromatic carbocycles. The van der Waals surface area contributed by atoms with E-state index in [0.29, 0.717) is 11.5 Å². The van der Waals surface area contributed by atoms with Gasteiger partial charge in [-0.05, 0) is 106 Å². The molecule has 0 radical (unpaired) electrons. The van der Waals surface area contributed by atoms with Crippen LogP contribution < -0.4 is 10.5 Å². The number of carboxylic acid groups (broad SMARTS) is 1. The van der Waals surface area contributed by atoms with E-state index in [9.17, 15) is 9.90 Å². The predicted octanol–water partition coefficient (Wildman–Crippen LogP) is 3.96. The molecular formula is C17H17I2NO4. The molecule has 0 heterocycles. The third-order valence-corrected chi connectivity index (χ3v) is 5.12. The summed E-state index contributed by atoms with van der Waals surface area (Å²) in [5.41, 5.74) is 7.95. The minimum atomic E-state index is -1.02. The second-order valence-corrected chi connectivity index (χ2v) is 7.87. The second-order valence-electron chi connectivity index (χ2n) is 5.55. The van der Waals surface area contributed by atoms with E-state index < -0.39 is 12.0 Å². The maximum absolute atomic E-state index is 10.9. The van der Waals surface area contributed by atoms with Crippen molar-refractivity contribution >= 4 is 51.2 Å². The molecule has 5 nitrogen and oxygen atoms in total. The van der Waals surface area contributed by atoms with Crippen molar-refractivity contribution in [3.63, 3.8) is 0 Å². The Kier molecular flexibility index (Phi) is 6.32. The summed E-state index contributed by atoms with van der Waals surface area (Å²) in [5, 5.41) is 18.8. The Morgan fingerprint density at radius 1 is 1.17 bits per heavy atom. The molecule has 24 heavy (non-hydrogen) atoms. The molecule has 0 amide bonds. The SMILES string of the molecule is Cc1cc(Oc2c(I)cc(CC(N)C(=O)O)cc2I)cc(C)c1O. The smallest absolute Gasteiger partial charge is 0.320 e. The van der Waals surface area contributed by atoms with Gasteiger partial charge < -0.3 is 20.7 Å². The van der Waals surface area contributed by atoms with Crippen molar-refractivity contribution in [2.24, 2.45) is 5.73 Å². The number of nitrogens with two attached hydrogens (primary N) is 1. The van der Waals surface area contributed by atoms with E-state index in [1.165, 1.54) is 0 Å². The van der Waals surface area contributed by atoms with Crippen molar-refractivity contribution in [1.82, 2.24) is 0 Å². The van der Waals surface area contributed by atoms with Crippen molar-refractivity contribution in [1.29, 1.82) is 0 Å². The molecule has 0 bridgehead atoms. The van der Waals surface area contributed by atoms with Crippen LogP contribution >= 0.6 is 45.2 Å². The second kappa shape index (κ2) is 7.87. The fourth-order valence-electron chi connectivity index (χ4n) is 2.26. The standard InChI is InChI=1S/C17H17I2NO4/c1-8-3-11(4-9(2)15(8)21)24-16-12(18)5-10(6-13(16)19)7-14(20)17(22)23/h3-6,14,21H,7,20H2,1-2H3,(H,22,23). The van der Waals surface area contributed by atoms with Crippen LogP contribution in [-0.4, -0.2) is 22.2 Å². The third kappa shape index (κ3) is 4.51. The summed E-state index contributed by atoms with van der Waals surface area (Å²) in [7, 11) is 0. The van der Waals surface area contributed by atoms with Gasteiger partial charge in [-0.1, -0.05) is 0 Å². The molecule has 0 aromatic heterocycles. The van der Waals surface area contributed by atoms with Crippen LogP contribution in [0.15, 0.2) is 24.3 Å². The molecule has 2 aromatic rings. The highest BCUT2D eigenvalue weighted by molar-refractivity contribution is 14.1. The van der Waals surface area contributed by atoms with Crippen molar-refractivity contribution < 1.29 is 19.7 Å². The van der Waals surface area contributed by atoms with Gasteiger partial charge in [0.1, 0.15) is 17.5 Å². The molecule has 7 heteroatoms. The first kappa shape index (κ1) is 19.3. The first-order chi connectivity index (χ1) is 11.2. The highest BCUT2D eigenvalue weighted by Gasteiger charge is 2.16. The fourth-order valence-corrected chi connectivity index (χ4v) is 4.38. The Labute approximate surface area is 167 Å². The Morgan fingerprint density at radius 2 is 1.67 bits per heavy atom. The Bertz CT molecular complexity index is 746. The largest absolute Gasteiger partial charge is 0.507 e. The van der Waals surface area contributed by atoms with E-state index in [-0.39, 0.29) is 12.2 Å². The zero-order valence-electron chi connectivity index (χ0n) is 13.1. The van der Waals surface area contributed by atoms with Gasteiger partial charge in [-0.15, -0.1) is 0 Å². The van der Waals surface area contributed by atoms with E-state index in [4.69, 9.17) is 15.6 Å². The maximum Gasteiger partial charge on any atom is 0.320 e. The lowest BCUT2D eigenvalue weighted by Crippen LogP contribution is -2.32. The lowest BCUT2D eigenvalue weighted by atomic mass is 10.1. The van der Waals surface area contributed by atoms with Crippen LogP contribution in [0.1, 0.15) is 16.7 Å². The van der Waals surface area contributed by atoms with Gasteiger partial charge in [0.05, 0.1) is 7.14 Å². The lowest BCUT2D eigenvalue weighted by Gasteiger charge is -2.14. The van der Waals surface area contributed by atoms with Crippen LogP contribution in [0.25, 0.3) is 0 Å². The van der Waals surface area contributed by atoms with Gasteiger partial charge >= 0.3 is 5.97 Å². The number of carbonyl (C=O) groups is 1. The highest BCUT2D eigenvalue weighted by atomic mass is 127. The molecule has 1 atom stereocenters. The number of halogens is 2. The van der Waals surface area contributed by atoms with Gasteiger partial charge in [0, 0.05) is 0 Å². The van der Waals surface area contributed by atoms with Crippen LogP contribution in [0.3, 0.4) is 0 Å². The van der Waals surface area contributed by atoms with E-state index in [1.54, 1.807) is 12.1 Å². The van der Waals surface area contributed by atoms with Gasteiger partial charge in [0.2, 0.25) is 0 Å². The first-order valence-electron chi connectivity index (χ1n) is 7.13. The van der Waals surface area contributed by atoms with Crippen molar-refractivity contribution in [3.8, 4) is 17.2 Å². The van der Waals surface area contributed by atoms with E-state index in [0.717, 1.165) is 23.8 Å². The molecule has 0 aliphatic rings. The molecule has 0 aliphatic heterocycles. The van der Waals surface area contributed by atoms with Gasteiger partial charge in [0.25, 0.3) is 0 Å². The minimum Gasteiger partial charge on any atom is -0.507 e. The van der Waals surface area contributed by atoms with Gasteiger partial charge in [-0.2, -0.15) is 0 Å². The monoisotopic (exact) mass is 553 g/mol. The first-order valence-corrected chi connectivity index (χ1v) is 9.29. The lowest BCUT2D eigenvalue weighted by molar-refractivity contribution is -0.138. The molecule has 0 saturated heterocycles. The van der Waals surface area contributed by atoms with Crippen LogP contribution in [0, 0.1) is 21.0 Å². The van der Waals surface area contributed by atoms with E-state index in [1.807, 2.05) is 26.0 Å². The van der Waals surface area contributed by atoms with Crippen LogP contribution in [0.2, 0.25) is 0 Å². The number of hydrogen-bond acceptors (Lipinski definition) is 4. The zero-order chi connectivity index (χ0) is 18.0. The normalized spacial score (nSPS) is 12.0. The number of ether oxygens (including phenoxy) is 1. The molecule has 2 rings (SSSR count). The molecule has 0 fully saturated rings. The number of carboxylic acids is 1. The molecule has 0 saturated carbocycles. The Balaban J connectivity index is 2.30. The molecule has 0 spiro atoms. The van der Waals surface area contributed by atoms with Crippen molar-refractivity contribution in [3.05, 3.63) is 48.1 Å². The van der Waals surface area contributed by atoms with Crippen LogP contribution in [-0.2, 0) is 11.2 Å². The van der Waals surface area contributed by atoms with Gasteiger partial charge in [-0.25, -0.2) is 0 Å². The summed E-state index contributed by atoms with van der Waals surface area (Å²) in [6, 6.07) is 6.39. The predicted molar refractivity (Wildman–Crippen MR) is 109 cm³/mol. The van der Waals surface area contributed by atoms with Gasteiger partial charge in [0.15, 0.2) is 5.75 Å². The number of rotatable bonds is 5. The average Bonchev–Trinajstić information content (AvgIpc) is 2.48. The molecular weight excluding hydrogens is 536 g/mol. The highest BCUT2D eigenvalue weighted by Crippen LogP contribution is 2.35. The Hall–Kier alpha value is -1.07. The minimum absolute atomic E-state index is 0.263. The summed E-state index contributed by atoms with van der Waals surface area (Å²) >= 11 is 4.32. The number of phenolic OH excluding ortho intramolecular Hbond substituents is 1. The molecule has 4 N–H and O–H groups in total. The van der Waals surface area contributed by atoms with Crippen LogP contribution in [0.4, 0.5) is 0 Å². The van der Waals surface area contributed by atoms with E-state index >= 15 is 0 Å². The number of benzene rings is 2. The molecule has 128 valence electrons. The average molecular weight is 553 g/mol. The van der Waals surface area contributed by atoms with Gasteiger partial charge in [-0.3, -0.25) is 4.79 Å². The maximum atomic E-state index is 10.9. The Morgan fingerprint density at radius 3 is 2.12 bits per heavy atom. The third-order valence-electron chi connectivity index (χ3n) is 3.52. The quantitative estimate of drug-likeness (QED) is 0.488. The topological polar surface area (TPSA) is 92.8 Å².